The highest BCUT2D eigenvalue weighted by molar-refractivity contribution is 5.99. The van der Waals surface area contributed by atoms with E-state index in [0.717, 1.165) is 11.1 Å². The Morgan fingerprint density at radius 3 is 2.69 bits per heavy atom. The summed E-state index contributed by atoms with van der Waals surface area (Å²) in [4.78, 5) is 16.9. The van der Waals surface area contributed by atoms with Crippen LogP contribution in [0.25, 0.3) is 11.0 Å². The van der Waals surface area contributed by atoms with Crippen LogP contribution in [-0.2, 0) is 6.54 Å². The normalized spacial score (nSPS) is 10.8. The second kappa shape index (κ2) is 6.76. The molecule has 1 amide bonds. The van der Waals surface area contributed by atoms with Gasteiger partial charge in [-0.2, -0.15) is 0 Å². The highest BCUT2D eigenvalue weighted by atomic mass is 16.3. The number of hydrogen-bond donors (Lipinski definition) is 2. The van der Waals surface area contributed by atoms with Gasteiger partial charge >= 0.3 is 0 Å². The number of benzene rings is 1. The van der Waals surface area contributed by atoms with Crippen LogP contribution in [0.1, 0.15) is 21.8 Å². The van der Waals surface area contributed by atoms with Crippen molar-refractivity contribution in [2.75, 3.05) is 5.32 Å². The number of carbonyl (C=O) groups excluding carboxylic acids is 1. The summed E-state index contributed by atoms with van der Waals surface area (Å²) in [6.07, 6.45) is 3.15. The van der Waals surface area contributed by atoms with E-state index in [2.05, 4.69) is 15.6 Å². The van der Waals surface area contributed by atoms with Crippen LogP contribution in [-0.4, -0.2) is 10.9 Å². The maximum absolute atomic E-state index is 12.5. The van der Waals surface area contributed by atoms with Crippen molar-refractivity contribution >= 4 is 28.4 Å². The number of nitrogens with one attached hydrogen (secondary N) is 2. The zero-order chi connectivity index (χ0) is 17.9. The minimum absolute atomic E-state index is 0.272. The van der Waals surface area contributed by atoms with Gasteiger partial charge in [-0.3, -0.25) is 4.79 Å². The van der Waals surface area contributed by atoms with Crippen LogP contribution in [0, 0.1) is 6.92 Å². The SMILES string of the molecule is Cc1ccc(Nc2nc(C(=O)NCc3ccco3)cc3occc23)cc1. The maximum atomic E-state index is 12.5. The smallest absolute Gasteiger partial charge is 0.270 e. The third-order valence-electron chi connectivity index (χ3n) is 4.00. The van der Waals surface area contributed by atoms with Gasteiger partial charge in [-0.15, -0.1) is 0 Å². The number of rotatable bonds is 5. The van der Waals surface area contributed by atoms with Crippen LogP contribution in [0.3, 0.4) is 0 Å². The summed E-state index contributed by atoms with van der Waals surface area (Å²) in [5, 5.41) is 6.86. The molecule has 4 rings (SSSR count). The van der Waals surface area contributed by atoms with Crippen molar-refractivity contribution in [3.8, 4) is 0 Å². The Balaban J connectivity index is 1.61. The van der Waals surface area contributed by atoms with Gasteiger partial charge in [-0.1, -0.05) is 17.7 Å². The van der Waals surface area contributed by atoms with E-state index in [1.807, 2.05) is 37.3 Å². The maximum Gasteiger partial charge on any atom is 0.270 e. The summed E-state index contributed by atoms with van der Waals surface area (Å²) in [6, 6.07) is 15.0. The first kappa shape index (κ1) is 16.0. The molecule has 3 heterocycles. The minimum atomic E-state index is -0.299. The Hall–Kier alpha value is -3.54. The largest absolute Gasteiger partial charge is 0.467 e. The van der Waals surface area contributed by atoms with Crippen molar-refractivity contribution in [2.45, 2.75) is 13.5 Å². The standard InChI is InChI=1S/C20H17N3O3/c1-13-4-6-14(7-5-13)22-19-16-8-10-26-18(16)11-17(23-19)20(24)21-12-15-3-2-9-25-15/h2-11H,12H2,1H3,(H,21,24)(H,22,23). The molecule has 0 atom stereocenters. The summed E-state index contributed by atoms with van der Waals surface area (Å²) in [5.74, 6) is 0.949. The fraction of sp³-hybridized carbons (Fsp3) is 0.100. The van der Waals surface area contributed by atoms with Gasteiger partial charge in [0.15, 0.2) is 0 Å². The fourth-order valence-corrected chi connectivity index (χ4v) is 2.62. The van der Waals surface area contributed by atoms with E-state index in [1.54, 1.807) is 30.7 Å². The highest BCUT2D eigenvalue weighted by Gasteiger charge is 2.14. The number of anilines is 2. The number of aryl methyl sites for hydroxylation is 1. The van der Waals surface area contributed by atoms with E-state index in [9.17, 15) is 4.79 Å². The molecule has 2 N–H and O–H groups in total. The Morgan fingerprint density at radius 1 is 1.08 bits per heavy atom. The molecule has 0 aliphatic heterocycles. The van der Waals surface area contributed by atoms with Crippen molar-refractivity contribution in [3.63, 3.8) is 0 Å². The van der Waals surface area contributed by atoms with E-state index in [0.29, 0.717) is 23.7 Å². The molecule has 0 aliphatic carbocycles. The number of hydrogen-bond acceptors (Lipinski definition) is 5. The molecule has 0 spiro atoms. The number of aromatic nitrogens is 1. The first-order valence-electron chi connectivity index (χ1n) is 8.21. The van der Waals surface area contributed by atoms with E-state index in [1.165, 1.54) is 5.56 Å². The number of carbonyl (C=O) groups is 1. The van der Waals surface area contributed by atoms with Crippen molar-refractivity contribution in [1.82, 2.24) is 10.3 Å². The van der Waals surface area contributed by atoms with E-state index < -0.39 is 0 Å². The van der Waals surface area contributed by atoms with Gasteiger partial charge in [0.2, 0.25) is 0 Å². The van der Waals surface area contributed by atoms with Crippen LogP contribution in [0.4, 0.5) is 11.5 Å². The van der Waals surface area contributed by atoms with Crippen molar-refractivity contribution in [2.24, 2.45) is 0 Å². The zero-order valence-corrected chi connectivity index (χ0v) is 14.2. The molecular formula is C20H17N3O3. The second-order valence-corrected chi connectivity index (χ2v) is 5.94. The molecule has 0 aliphatic rings. The monoisotopic (exact) mass is 347 g/mol. The first-order chi connectivity index (χ1) is 12.7. The molecule has 26 heavy (non-hydrogen) atoms. The molecule has 130 valence electrons. The fourth-order valence-electron chi connectivity index (χ4n) is 2.62. The van der Waals surface area contributed by atoms with Crippen molar-refractivity contribution in [3.05, 3.63) is 78.1 Å². The van der Waals surface area contributed by atoms with Crippen LogP contribution in [0.5, 0.6) is 0 Å². The summed E-state index contributed by atoms with van der Waals surface area (Å²) < 4.78 is 10.7. The molecule has 0 saturated heterocycles. The molecule has 6 heteroatoms. The quantitative estimate of drug-likeness (QED) is 0.559. The zero-order valence-electron chi connectivity index (χ0n) is 14.2. The lowest BCUT2D eigenvalue weighted by Crippen LogP contribution is -2.23. The molecule has 0 radical (unpaired) electrons. The van der Waals surface area contributed by atoms with Gasteiger partial charge in [0.05, 0.1) is 24.5 Å². The van der Waals surface area contributed by atoms with E-state index in [4.69, 9.17) is 8.83 Å². The molecule has 6 nitrogen and oxygen atoms in total. The molecule has 0 bridgehead atoms. The Morgan fingerprint density at radius 2 is 1.92 bits per heavy atom. The topological polar surface area (TPSA) is 80.3 Å². The number of nitrogens with zero attached hydrogens (tertiary/aromatic N) is 1. The summed E-state index contributed by atoms with van der Waals surface area (Å²) in [7, 11) is 0. The van der Waals surface area contributed by atoms with Crippen LogP contribution < -0.4 is 10.6 Å². The van der Waals surface area contributed by atoms with Crippen LogP contribution >= 0.6 is 0 Å². The third-order valence-corrected chi connectivity index (χ3v) is 4.00. The van der Waals surface area contributed by atoms with Crippen molar-refractivity contribution in [1.29, 1.82) is 0 Å². The number of pyridine rings is 1. The highest BCUT2D eigenvalue weighted by Crippen LogP contribution is 2.26. The van der Waals surface area contributed by atoms with E-state index in [-0.39, 0.29) is 11.6 Å². The summed E-state index contributed by atoms with van der Waals surface area (Å²) in [6.45, 7) is 2.32. The minimum Gasteiger partial charge on any atom is -0.467 e. The van der Waals surface area contributed by atoms with Crippen LogP contribution in [0.2, 0.25) is 0 Å². The number of amides is 1. The molecule has 0 unspecified atom stereocenters. The lowest BCUT2D eigenvalue weighted by molar-refractivity contribution is 0.0943. The average Bonchev–Trinajstić information content (AvgIpc) is 3.33. The Kier molecular flexibility index (Phi) is 4.15. The van der Waals surface area contributed by atoms with Gasteiger partial charge in [-0.25, -0.2) is 4.98 Å². The number of fused-ring (bicyclic) bond motifs is 1. The Labute approximate surface area is 149 Å². The Bertz CT molecular complexity index is 1030. The second-order valence-electron chi connectivity index (χ2n) is 5.94. The molecule has 4 aromatic rings. The molecule has 3 aromatic heterocycles. The van der Waals surface area contributed by atoms with Gasteiger partial charge in [0.1, 0.15) is 22.9 Å². The number of furan rings is 2. The third kappa shape index (κ3) is 3.30. The van der Waals surface area contributed by atoms with Crippen LogP contribution in [0.15, 0.2) is 69.9 Å². The molecule has 1 aromatic carbocycles. The predicted octanol–water partition coefficient (Wildman–Crippen LogP) is 4.40. The molecule has 0 saturated carbocycles. The lowest BCUT2D eigenvalue weighted by Gasteiger charge is -2.09. The summed E-state index contributed by atoms with van der Waals surface area (Å²) in [5.41, 5.74) is 2.92. The van der Waals surface area contributed by atoms with Gasteiger partial charge in [0, 0.05) is 11.8 Å². The van der Waals surface area contributed by atoms with Gasteiger partial charge in [-0.05, 0) is 37.3 Å². The lowest BCUT2D eigenvalue weighted by atomic mass is 10.2. The van der Waals surface area contributed by atoms with Gasteiger partial charge in [0.25, 0.3) is 5.91 Å². The van der Waals surface area contributed by atoms with Gasteiger partial charge < -0.3 is 19.5 Å². The summed E-state index contributed by atoms with van der Waals surface area (Å²) >= 11 is 0. The predicted molar refractivity (Wildman–Crippen MR) is 98.3 cm³/mol. The van der Waals surface area contributed by atoms with Crippen molar-refractivity contribution < 1.29 is 13.6 Å². The average molecular weight is 347 g/mol. The van der Waals surface area contributed by atoms with E-state index >= 15 is 0 Å². The molecular weight excluding hydrogens is 330 g/mol. The molecule has 0 fully saturated rings. The first-order valence-corrected chi connectivity index (χ1v) is 8.21.